The van der Waals surface area contributed by atoms with Crippen LogP contribution < -0.4 is 0 Å². The number of benzene rings is 1. The maximum absolute atomic E-state index is 12.6. The van der Waals surface area contributed by atoms with E-state index in [-0.39, 0.29) is 12.4 Å². The quantitative estimate of drug-likeness (QED) is 0.341. The Kier molecular flexibility index (Phi) is 5.86. The van der Waals surface area contributed by atoms with E-state index in [1.807, 2.05) is 55.0 Å². The van der Waals surface area contributed by atoms with Gasteiger partial charge in [-0.2, -0.15) is 0 Å². The number of Topliss-reactive ketones (excluding diaryl/α,β-unsaturated/α-hetero) is 1. The van der Waals surface area contributed by atoms with Crippen LogP contribution in [0, 0.1) is 13.8 Å². The smallest absolute Gasteiger partial charge is 0.339 e. The molecule has 6 heteroatoms. The lowest BCUT2D eigenvalue weighted by molar-refractivity contribution is 0.0471. The first-order valence-corrected chi connectivity index (χ1v) is 9.76. The summed E-state index contributed by atoms with van der Waals surface area (Å²) in [7, 11) is 0. The molecule has 5 nitrogen and oxygen atoms in total. The van der Waals surface area contributed by atoms with E-state index in [1.54, 1.807) is 18.4 Å². The van der Waals surface area contributed by atoms with Gasteiger partial charge in [0.2, 0.25) is 5.78 Å². The maximum Gasteiger partial charge on any atom is 0.339 e. The average molecular weight is 383 g/mol. The van der Waals surface area contributed by atoms with Crippen molar-refractivity contribution in [3.8, 4) is 0 Å². The minimum atomic E-state index is -0.488. The number of rotatable bonds is 7. The van der Waals surface area contributed by atoms with Crippen molar-refractivity contribution in [2.45, 2.75) is 25.3 Å². The van der Waals surface area contributed by atoms with E-state index in [4.69, 9.17) is 9.15 Å². The highest BCUT2D eigenvalue weighted by Crippen LogP contribution is 2.21. The standard InChI is InChI=1S/C21H21NO4S/c1-14-11-18(15(2)22(14)12-16-7-6-10-25-16)19(23)13-26-21(24)17-8-4-5-9-20(17)27-3/h4-11H,12-13H2,1-3H3. The molecule has 2 aromatic heterocycles. The van der Waals surface area contributed by atoms with Crippen LogP contribution in [0.2, 0.25) is 0 Å². The molecule has 0 aliphatic carbocycles. The Balaban J connectivity index is 1.70. The lowest BCUT2D eigenvalue weighted by Crippen LogP contribution is -2.15. The number of nitrogens with zero attached hydrogens (tertiary/aromatic N) is 1. The van der Waals surface area contributed by atoms with Gasteiger partial charge in [-0.15, -0.1) is 11.8 Å². The van der Waals surface area contributed by atoms with Crippen molar-refractivity contribution >= 4 is 23.5 Å². The van der Waals surface area contributed by atoms with E-state index >= 15 is 0 Å². The Morgan fingerprint density at radius 2 is 1.89 bits per heavy atom. The van der Waals surface area contributed by atoms with E-state index in [2.05, 4.69) is 0 Å². The van der Waals surface area contributed by atoms with Crippen LogP contribution in [0.15, 0.2) is 58.0 Å². The minimum absolute atomic E-state index is 0.219. The number of carbonyl (C=O) groups excluding carboxylic acids is 2. The molecule has 0 amide bonds. The van der Waals surface area contributed by atoms with Crippen LogP contribution in [0.3, 0.4) is 0 Å². The van der Waals surface area contributed by atoms with Gasteiger partial charge in [0.05, 0.1) is 18.4 Å². The molecule has 0 radical (unpaired) electrons. The molecule has 0 spiro atoms. The molecule has 3 rings (SSSR count). The topological polar surface area (TPSA) is 61.4 Å². The van der Waals surface area contributed by atoms with Gasteiger partial charge in [0.25, 0.3) is 0 Å². The monoisotopic (exact) mass is 383 g/mol. The number of aromatic nitrogens is 1. The van der Waals surface area contributed by atoms with Crippen molar-refractivity contribution in [3.05, 3.63) is 77.0 Å². The van der Waals surface area contributed by atoms with Gasteiger partial charge < -0.3 is 13.7 Å². The Bertz CT molecular complexity index is 957. The largest absolute Gasteiger partial charge is 0.467 e. The average Bonchev–Trinajstić information content (AvgIpc) is 3.29. The molecular weight excluding hydrogens is 362 g/mol. The normalized spacial score (nSPS) is 10.8. The van der Waals surface area contributed by atoms with Gasteiger partial charge in [0.1, 0.15) is 5.76 Å². The second-order valence-electron chi connectivity index (χ2n) is 6.15. The van der Waals surface area contributed by atoms with Crippen molar-refractivity contribution in [1.82, 2.24) is 4.57 Å². The third kappa shape index (κ3) is 4.17. The molecule has 27 heavy (non-hydrogen) atoms. The second-order valence-corrected chi connectivity index (χ2v) is 7.00. The summed E-state index contributed by atoms with van der Waals surface area (Å²) in [6.45, 7) is 4.09. The predicted molar refractivity (Wildman–Crippen MR) is 105 cm³/mol. The first-order valence-electron chi connectivity index (χ1n) is 8.53. The Hall–Kier alpha value is -2.73. The van der Waals surface area contributed by atoms with Crippen molar-refractivity contribution < 1.29 is 18.7 Å². The van der Waals surface area contributed by atoms with E-state index in [0.29, 0.717) is 17.7 Å². The number of ketones is 1. The second kappa shape index (κ2) is 8.31. The maximum atomic E-state index is 12.6. The number of thioether (sulfide) groups is 1. The van der Waals surface area contributed by atoms with Crippen molar-refractivity contribution in [2.75, 3.05) is 12.9 Å². The minimum Gasteiger partial charge on any atom is -0.467 e. The highest BCUT2D eigenvalue weighted by Gasteiger charge is 2.19. The first-order chi connectivity index (χ1) is 13.0. The van der Waals surface area contributed by atoms with E-state index in [9.17, 15) is 9.59 Å². The van der Waals surface area contributed by atoms with Crippen LogP contribution in [0.25, 0.3) is 0 Å². The number of hydrogen-bond donors (Lipinski definition) is 0. The Morgan fingerprint density at radius 1 is 1.11 bits per heavy atom. The van der Waals surface area contributed by atoms with Gasteiger partial charge in [0.15, 0.2) is 6.61 Å². The summed E-state index contributed by atoms with van der Waals surface area (Å²) in [4.78, 5) is 25.8. The summed E-state index contributed by atoms with van der Waals surface area (Å²) in [5.74, 6) is 0.109. The molecule has 0 N–H and O–H groups in total. The van der Waals surface area contributed by atoms with Gasteiger partial charge in [0, 0.05) is 21.8 Å². The van der Waals surface area contributed by atoms with E-state index in [0.717, 1.165) is 22.0 Å². The summed E-state index contributed by atoms with van der Waals surface area (Å²) in [5, 5.41) is 0. The van der Waals surface area contributed by atoms with Crippen LogP contribution in [-0.4, -0.2) is 29.2 Å². The van der Waals surface area contributed by atoms with E-state index < -0.39 is 5.97 Å². The third-order valence-electron chi connectivity index (χ3n) is 4.43. The van der Waals surface area contributed by atoms with E-state index in [1.165, 1.54) is 11.8 Å². The zero-order chi connectivity index (χ0) is 19.4. The van der Waals surface area contributed by atoms with Crippen molar-refractivity contribution in [2.24, 2.45) is 0 Å². The highest BCUT2D eigenvalue weighted by molar-refractivity contribution is 7.98. The number of aryl methyl sites for hydroxylation is 1. The summed E-state index contributed by atoms with van der Waals surface area (Å²) in [6.07, 6.45) is 3.52. The number of hydrogen-bond acceptors (Lipinski definition) is 5. The van der Waals surface area contributed by atoms with Gasteiger partial charge in [-0.3, -0.25) is 4.79 Å². The molecule has 0 atom stereocenters. The fourth-order valence-corrected chi connectivity index (χ4v) is 3.57. The van der Waals surface area contributed by atoms with Crippen LogP contribution in [0.1, 0.15) is 37.9 Å². The SMILES string of the molecule is CSc1ccccc1C(=O)OCC(=O)c1cc(C)n(Cc2ccco2)c1C. The van der Waals surface area contributed by atoms with Crippen LogP contribution in [0.5, 0.6) is 0 Å². The molecule has 0 saturated carbocycles. The Morgan fingerprint density at radius 3 is 2.59 bits per heavy atom. The molecule has 0 aliphatic heterocycles. The highest BCUT2D eigenvalue weighted by atomic mass is 32.2. The van der Waals surface area contributed by atoms with Gasteiger partial charge in [-0.1, -0.05) is 12.1 Å². The third-order valence-corrected chi connectivity index (χ3v) is 5.23. The fourth-order valence-electron chi connectivity index (χ4n) is 2.98. The molecule has 3 aromatic rings. The molecule has 140 valence electrons. The zero-order valence-electron chi connectivity index (χ0n) is 15.5. The van der Waals surface area contributed by atoms with Crippen LogP contribution in [-0.2, 0) is 11.3 Å². The molecule has 0 saturated heterocycles. The van der Waals surface area contributed by atoms with Gasteiger partial charge >= 0.3 is 5.97 Å². The Labute approximate surface area is 162 Å². The van der Waals surface area contributed by atoms with Gasteiger partial charge in [-0.25, -0.2) is 4.79 Å². The summed E-state index contributed by atoms with van der Waals surface area (Å²) < 4.78 is 12.7. The molecule has 1 aromatic carbocycles. The fraction of sp³-hybridized carbons (Fsp3) is 0.238. The first kappa shape index (κ1) is 19.0. The zero-order valence-corrected chi connectivity index (χ0v) is 16.3. The molecule has 0 aliphatic rings. The number of esters is 1. The van der Waals surface area contributed by atoms with Crippen LogP contribution >= 0.6 is 11.8 Å². The lowest BCUT2D eigenvalue weighted by atomic mass is 10.1. The lowest BCUT2D eigenvalue weighted by Gasteiger charge is -2.09. The van der Waals surface area contributed by atoms with Crippen LogP contribution in [0.4, 0.5) is 0 Å². The van der Waals surface area contributed by atoms with Crippen molar-refractivity contribution in [3.63, 3.8) is 0 Å². The summed E-state index contributed by atoms with van der Waals surface area (Å²) in [5.41, 5.74) is 2.81. The number of furan rings is 1. The summed E-state index contributed by atoms with van der Waals surface area (Å²) >= 11 is 1.47. The number of ether oxygens (including phenoxy) is 1. The summed E-state index contributed by atoms with van der Waals surface area (Å²) in [6, 6.07) is 12.7. The predicted octanol–water partition coefficient (Wildman–Crippen LogP) is 4.51. The molecule has 0 fully saturated rings. The molecule has 2 heterocycles. The van der Waals surface area contributed by atoms with Gasteiger partial charge in [-0.05, 0) is 50.4 Å². The molecular formula is C21H21NO4S. The molecule has 0 bridgehead atoms. The number of carbonyl (C=O) groups is 2. The molecule has 0 unspecified atom stereocenters. The van der Waals surface area contributed by atoms with Crippen molar-refractivity contribution in [1.29, 1.82) is 0 Å².